The van der Waals surface area contributed by atoms with Crippen LogP contribution < -0.4 is 10.1 Å². The number of methoxy groups -OCH3 is 1. The molecule has 3 nitrogen and oxygen atoms in total. The van der Waals surface area contributed by atoms with Crippen molar-refractivity contribution in [3.63, 3.8) is 0 Å². The molecule has 0 fully saturated rings. The van der Waals surface area contributed by atoms with Crippen molar-refractivity contribution in [2.24, 2.45) is 5.92 Å². The molecule has 0 saturated carbocycles. The Morgan fingerprint density at radius 3 is 2.25 bits per heavy atom. The molecule has 1 N–H and O–H groups in total. The van der Waals surface area contributed by atoms with Crippen molar-refractivity contribution in [3.8, 4) is 5.75 Å². The molecule has 0 aliphatic heterocycles. The first-order chi connectivity index (χ1) is 9.43. The Labute approximate surface area is 131 Å². The van der Waals surface area contributed by atoms with E-state index in [4.69, 9.17) is 9.47 Å². The second-order valence-corrected chi connectivity index (χ2v) is 6.41. The van der Waals surface area contributed by atoms with E-state index in [1.165, 1.54) is 11.1 Å². The van der Waals surface area contributed by atoms with Gasteiger partial charge >= 0.3 is 0 Å². The Balaban J connectivity index is 2.65. The predicted octanol–water partition coefficient (Wildman–Crippen LogP) is 3.71. The van der Waals surface area contributed by atoms with Crippen molar-refractivity contribution < 1.29 is 9.47 Å². The number of hydrogen-bond acceptors (Lipinski definition) is 3. The minimum atomic E-state index is 0.0266. The first kappa shape index (κ1) is 17.5. The first-order valence-corrected chi connectivity index (χ1v) is 7.86. The summed E-state index contributed by atoms with van der Waals surface area (Å²) in [5.41, 5.74) is 2.37. The van der Waals surface area contributed by atoms with Gasteiger partial charge in [-0.1, -0.05) is 29.8 Å². The average Bonchev–Trinajstić information content (AvgIpc) is 2.35. The van der Waals surface area contributed by atoms with Crippen LogP contribution in [0.5, 0.6) is 5.75 Å². The number of hydrogen-bond donors (Lipinski definition) is 1. The molecule has 0 aromatic heterocycles. The summed E-state index contributed by atoms with van der Waals surface area (Å²) in [6.07, 6.45) is 0.0266. The van der Waals surface area contributed by atoms with E-state index in [1.54, 1.807) is 7.11 Å². The van der Waals surface area contributed by atoms with E-state index >= 15 is 0 Å². The molecule has 0 heterocycles. The Morgan fingerprint density at radius 1 is 1.15 bits per heavy atom. The van der Waals surface area contributed by atoms with Crippen LogP contribution in [0.25, 0.3) is 0 Å². The van der Waals surface area contributed by atoms with Gasteiger partial charge in [-0.3, -0.25) is 0 Å². The largest absolute Gasteiger partial charge is 0.487 e. The van der Waals surface area contributed by atoms with Crippen LogP contribution in [0.2, 0.25) is 0 Å². The molecule has 0 spiro atoms. The van der Waals surface area contributed by atoms with E-state index in [9.17, 15) is 0 Å². The predicted molar refractivity (Wildman–Crippen MR) is 87.6 cm³/mol. The quantitative estimate of drug-likeness (QED) is 0.780. The Hall–Kier alpha value is -0.580. The Morgan fingerprint density at radius 2 is 1.75 bits per heavy atom. The molecule has 0 amide bonds. The van der Waals surface area contributed by atoms with Gasteiger partial charge < -0.3 is 14.8 Å². The highest BCUT2D eigenvalue weighted by Crippen LogP contribution is 2.26. The summed E-state index contributed by atoms with van der Waals surface area (Å²) in [6.45, 7) is 10.9. The molecule has 0 radical (unpaired) electrons. The number of nitrogens with one attached hydrogen (secondary N) is 1. The van der Waals surface area contributed by atoms with Crippen molar-refractivity contribution in [2.45, 2.75) is 33.8 Å². The van der Waals surface area contributed by atoms with Crippen molar-refractivity contribution in [3.05, 3.63) is 27.7 Å². The van der Waals surface area contributed by atoms with Gasteiger partial charge in [-0.15, -0.1) is 0 Å². The topological polar surface area (TPSA) is 30.5 Å². The number of benzene rings is 1. The Bertz CT molecular complexity index is 398. The standard InChI is InChI=1S/C16H26BrNO2/c1-11(2)8-18-9-15(10-19-5)20-14-6-12(3)16(17)13(4)7-14/h6-7,11,15,18H,8-10H2,1-5H3. The van der Waals surface area contributed by atoms with Crippen LogP contribution in [0.3, 0.4) is 0 Å². The summed E-state index contributed by atoms with van der Waals surface area (Å²) < 4.78 is 12.4. The van der Waals surface area contributed by atoms with Crippen LogP contribution in [-0.2, 0) is 4.74 Å². The van der Waals surface area contributed by atoms with Crippen LogP contribution in [-0.4, -0.2) is 32.9 Å². The minimum absolute atomic E-state index is 0.0266. The molecule has 0 saturated heterocycles. The maximum absolute atomic E-state index is 6.05. The highest BCUT2D eigenvalue weighted by Gasteiger charge is 2.12. The molecule has 4 heteroatoms. The van der Waals surface area contributed by atoms with Crippen molar-refractivity contribution in [1.29, 1.82) is 0 Å². The third-order valence-corrected chi connectivity index (χ3v) is 4.24. The van der Waals surface area contributed by atoms with Gasteiger partial charge in [0.1, 0.15) is 11.9 Å². The lowest BCUT2D eigenvalue weighted by Crippen LogP contribution is -2.36. The summed E-state index contributed by atoms with van der Waals surface area (Å²) >= 11 is 3.58. The number of halogens is 1. The second-order valence-electron chi connectivity index (χ2n) is 5.62. The van der Waals surface area contributed by atoms with Gasteiger partial charge in [-0.05, 0) is 49.6 Å². The fourth-order valence-electron chi connectivity index (χ4n) is 2.02. The lowest BCUT2D eigenvalue weighted by molar-refractivity contribution is 0.0801. The Kier molecular flexibility index (Phi) is 7.56. The summed E-state index contributed by atoms with van der Waals surface area (Å²) in [6, 6.07) is 4.12. The number of ether oxygens (including phenoxy) is 2. The van der Waals surface area contributed by atoms with Crippen LogP contribution in [0, 0.1) is 19.8 Å². The van der Waals surface area contributed by atoms with E-state index in [2.05, 4.69) is 61.1 Å². The number of aryl methyl sites for hydroxylation is 2. The van der Waals surface area contributed by atoms with Gasteiger partial charge in [0.25, 0.3) is 0 Å². The summed E-state index contributed by atoms with van der Waals surface area (Å²) in [5.74, 6) is 1.53. The normalized spacial score (nSPS) is 12.8. The van der Waals surface area contributed by atoms with Crippen molar-refractivity contribution >= 4 is 15.9 Å². The SMILES string of the molecule is COCC(CNCC(C)C)Oc1cc(C)c(Br)c(C)c1. The summed E-state index contributed by atoms with van der Waals surface area (Å²) in [5, 5.41) is 3.42. The van der Waals surface area contributed by atoms with Gasteiger partial charge in [0.2, 0.25) is 0 Å². The third-order valence-electron chi connectivity index (χ3n) is 2.99. The van der Waals surface area contributed by atoms with E-state index in [-0.39, 0.29) is 6.10 Å². The molecular weight excluding hydrogens is 318 g/mol. The molecule has 1 unspecified atom stereocenters. The summed E-state index contributed by atoms with van der Waals surface area (Å²) in [4.78, 5) is 0. The highest BCUT2D eigenvalue weighted by molar-refractivity contribution is 9.10. The highest BCUT2D eigenvalue weighted by atomic mass is 79.9. The molecule has 0 bridgehead atoms. The van der Waals surface area contributed by atoms with Gasteiger partial charge in [0.05, 0.1) is 6.61 Å². The number of rotatable bonds is 8. The van der Waals surface area contributed by atoms with E-state index in [1.807, 2.05) is 0 Å². The fourth-order valence-corrected chi connectivity index (χ4v) is 2.25. The lowest BCUT2D eigenvalue weighted by Gasteiger charge is -2.20. The van der Waals surface area contributed by atoms with Crippen LogP contribution in [0.15, 0.2) is 16.6 Å². The molecule has 1 aromatic carbocycles. The van der Waals surface area contributed by atoms with Gasteiger partial charge in [0, 0.05) is 18.1 Å². The maximum atomic E-state index is 6.05. The molecule has 20 heavy (non-hydrogen) atoms. The molecule has 1 rings (SSSR count). The van der Waals surface area contributed by atoms with Crippen molar-refractivity contribution in [1.82, 2.24) is 5.32 Å². The van der Waals surface area contributed by atoms with Crippen LogP contribution in [0.1, 0.15) is 25.0 Å². The van der Waals surface area contributed by atoms with Crippen molar-refractivity contribution in [2.75, 3.05) is 26.8 Å². The zero-order valence-corrected chi connectivity index (χ0v) is 14.7. The monoisotopic (exact) mass is 343 g/mol. The fraction of sp³-hybridized carbons (Fsp3) is 0.625. The zero-order valence-electron chi connectivity index (χ0n) is 13.1. The van der Waals surface area contributed by atoms with Crippen LogP contribution in [0.4, 0.5) is 0 Å². The molecule has 114 valence electrons. The summed E-state index contributed by atoms with van der Waals surface area (Å²) in [7, 11) is 1.71. The van der Waals surface area contributed by atoms with E-state index < -0.39 is 0 Å². The van der Waals surface area contributed by atoms with Gasteiger partial charge in [-0.25, -0.2) is 0 Å². The lowest BCUT2D eigenvalue weighted by atomic mass is 10.1. The zero-order chi connectivity index (χ0) is 15.1. The molecular formula is C16H26BrNO2. The molecule has 0 aliphatic carbocycles. The van der Waals surface area contributed by atoms with Gasteiger partial charge in [-0.2, -0.15) is 0 Å². The minimum Gasteiger partial charge on any atom is -0.487 e. The molecule has 1 atom stereocenters. The second kappa shape index (κ2) is 8.65. The average molecular weight is 344 g/mol. The van der Waals surface area contributed by atoms with Gasteiger partial charge in [0.15, 0.2) is 0 Å². The first-order valence-electron chi connectivity index (χ1n) is 7.07. The van der Waals surface area contributed by atoms with E-state index in [0.29, 0.717) is 12.5 Å². The molecule has 0 aliphatic rings. The van der Waals surface area contributed by atoms with Crippen LogP contribution >= 0.6 is 15.9 Å². The smallest absolute Gasteiger partial charge is 0.134 e. The van der Waals surface area contributed by atoms with E-state index in [0.717, 1.165) is 23.3 Å². The molecule has 1 aromatic rings. The maximum Gasteiger partial charge on any atom is 0.134 e. The third kappa shape index (κ3) is 5.81.